The Labute approximate surface area is 114 Å². The Bertz CT molecular complexity index is 445. The predicted octanol–water partition coefficient (Wildman–Crippen LogP) is 2.97. The molecule has 1 rings (SSSR count). The van der Waals surface area contributed by atoms with Crippen molar-refractivity contribution in [3.63, 3.8) is 0 Å². The van der Waals surface area contributed by atoms with Crippen LogP contribution in [0.1, 0.15) is 16.8 Å². The molecule has 0 saturated carbocycles. The lowest BCUT2D eigenvalue weighted by atomic mass is 10.2. The summed E-state index contributed by atoms with van der Waals surface area (Å²) < 4.78 is 41.3. The normalized spacial score (nSPS) is 12.9. The van der Waals surface area contributed by atoms with Crippen LogP contribution in [0.15, 0.2) is 24.3 Å². The summed E-state index contributed by atoms with van der Waals surface area (Å²) in [7, 11) is 0. The van der Waals surface area contributed by atoms with Gasteiger partial charge < -0.3 is 4.74 Å². The summed E-state index contributed by atoms with van der Waals surface area (Å²) in [5.41, 5.74) is 0.132. The number of hydrogen-bond acceptors (Lipinski definition) is 3. The minimum Gasteiger partial charge on any atom is -0.451 e. The van der Waals surface area contributed by atoms with Gasteiger partial charge in [-0.25, -0.2) is 4.79 Å². The first-order valence-corrected chi connectivity index (χ1v) is 5.89. The summed E-state index contributed by atoms with van der Waals surface area (Å²) in [4.78, 5) is 22.0. The van der Waals surface area contributed by atoms with Gasteiger partial charge in [0.25, 0.3) is 0 Å². The van der Waals surface area contributed by atoms with Gasteiger partial charge in [0.15, 0.2) is 12.4 Å². The minimum atomic E-state index is -4.56. The van der Waals surface area contributed by atoms with Crippen LogP contribution in [0.5, 0.6) is 0 Å². The SMILES string of the molecule is O=CC(CC(F)(F)F)OC(=O)c1ccccc1I. The lowest BCUT2D eigenvalue weighted by Crippen LogP contribution is -2.26. The maximum atomic E-state index is 12.1. The van der Waals surface area contributed by atoms with Gasteiger partial charge in [0.2, 0.25) is 0 Å². The van der Waals surface area contributed by atoms with E-state index in [0.717, 1.165) is 0 Å². The van der Waals surface area contributed by atoms with Crippen molar-refractivity contribution in [1.29, 1.82) is 0 Å². The van der Waals surface area contributed by atoms with Crippen LogP contribution in [0, 0.1) is 3.57 Å². The molecule has 7 heteroatoms. The first-order valence-electron chi connectivity index (χ1n) is 4.81. The number of esters is 1. The number of alkyl halides is 3. The maximum Gasteiger partial charge on any atom is 0.393 e. The first kappa shape index (κ1) is 14.9. The van der Waals surface area contributed by atoms with Crippen LogP contribution in [0.2, 0.25) is 0 Å². The van der Waals surface area contributed by atoms with E-state index in [4.69, 9.17) is 0 Å². The fourth-order valence-corrected chi connectivity index (χ4v) is 1.78. The number of hydrogen-bond donors (Lipinski definition) is 0. The highest BCUT2D eigenvalue weighted by Crippen LogP contribution is 2.23. The van der Waals surface area contributed by atoms with Gasteiger partial charge in [-0.2, -0.15) is 13.2 Å². The molecule has 0 aromatic heterocycles. The van der Waals surface area contributed by atoms with Crippen molar-refractivity contribution in [3.8, 4) is 0 Å². The Morgan fingerprint density at radius 3 is 2.50 bits per heavy atom. The average molecular weight is 372 g/mol. The third-order valence-electron chi connectivity index (χ3n) is 1.94. The summed E-state index contributed by atoms with van der Waals surface area (Å²) in [5, 5.41) is 0. The molecule has 0 spiro atoms. The highest BCUT2D eigenvalue weighted by atomic mass is 127. The number of rotatable bonds is 4. The zero-order valence-electron chi connectivity index (χ0n) is 8.91. The van der Waals surface area contributed by atoms with Gasteiger partial charge in [-0.05, 0) is 34.7 Å². The van der Waals surface area contributed by atoms with Crippen molar-refractivity contribution in [3.05, 3.63) is 33.4 Å². The molecule has 0 fully saturated rings. The van der Waals surface area contributed by atoms with E-state index < -0.39 is 24.7 Å². The molecule has 0 amide bonds. The summed E-state index contributed by atoms with van der Waals surface area (Å²) in [5.74, 6) is -0.943. The second-order valence-electron chi connectivity index (χ2n) is 3.38. The standard InChI is InChI=1S/C11H8F3IO3/c12-11(13,14)5-7(6-16)18-10(17)8-3-1-2-4-9(8)15/h1-4,6-7H,5H2. The molecule has 0 radical (unpaired) electrons. The molecule has 1 unspecified atom stereocenters. The Morgan fingerprint density at radius 1 is 1.39 bits per heavy atom. The summed E-state index contributed by atoms with van der Waals surface area (Å²) in [6.07, 6.45) is -7.88. The minimum absolute atomic E-state index is 0.0266. The molecule has 0 heterocycles. The second kappa shape index (κ2) is 6.17. The summed E-state index contributed by atoms with van der Waals surface area (Å²) in [6, 6.07) is 6.25. The Balaban J connectivity index is 2.75. The zero-order valence-corrected chi connectivity index (χ0v) is 11.1. The lowest BCUT2D eigenvalue weighted by molar-refractivity contribution is -0.157. The number of benzene rings is 1. The molecule has 1 atom stereocenters. The fraction of sp³-hybridized carbons (Fsp3) is 0.273. The van der Waals surface area contributed by atoms with E-state index in [1.807, 2.05) is 22.6 Å². The van der Waals surface area contributed by atoms with Crippen LogP contribution in [0.4, 0.5) is 13.2 Å². The molecule has 0 aliphatic heterocycles. The Morgan fingerprint density at radius 2 is 2.00 bits per heavy atom. The highest BCUT2D eigenvalue weighted by Gasteiger charge is 2.34. The topological polar surface area (TPSA) is 43.4 Å². The number of carbonyl (C=O) groups excluding carboxylic acids is 2. The van der Waals surface area contributed by atoms with Gasteiger partial charge in [-0.15, -0.1) is 0 Å². The first-order chi connectivity index (χ1) is 8.33. The van der Waals surface area contributed by atoms with Crippen molar-refractivity contribution < 1.29 is 27.5 Å². The highest BCUT2D eigenvalue weighted by molar-refractivity contribution is 14.1. The fourth-order valence-electron chi connectivity index (χ4n) is 1.17. The summed E-state index contributed by atoms with van der Waals surface area (Å²) >= 11 is 1.85. The van der Waals surface area contributed by atoms with Gasteiger partial charge in [0, 0.05) is 3.57 Å². The molecule has 0 aliphatic carbocycles. The van der Waals surface area contributed by atoms with Crippen molar-refractivity contribution in [2.45, 2.75) is 18.7 Å². The molecular weight excluding hydrogens is 364 g/mol. The van der Waals surface area contributed by atoms with E-state index >= 15 is 0 Å². The monoisotopic (exact) mass is 372 g/mol. The largest absolute Gasteiger partial charge is 0.451 e. The van der Waals surface area contributed by atoms with E-state index in [1.54, 1.807) is 18.2 Å². The van der Waals surface area contributed by atoms with Crippen molar-refractivity contribution in [2.75, 3.05) is 0 Å². The number of halogens is 4. The van der Waals surface area contributed by atoms with E-state index in [2.05, 4.69) is 4.74 Å². The Kier molecular flexibility index (Phi) is 5.12. The molecule has 3 nitrogen and oxygen atoms in total. The maximum absolute atomic E-state index is 12.1. The second-order valence-corrected chi connectivity index (χ2v) is 4.54. The molecule has 0 aliphatic rings. The van der Waals surface area contributed by atoms with Gasteiger partial charge in [-0.3, -0.25) is 4.79 Å². The van der Waals surface area contributed by atoms with Crippen LogP contribution in [0.25, 0.3) is 0 Å². The van der Waals surface area contributed by atoms with Crippen LogP contribution in [0.3, 0.4) is 0 Å². The molecule has 98 valence electrons. The third kappa shape index (κ3) is 4.63. The van der Waals surface area contributed by atoms with E-state index in [9.17, 15) is 22.8 Å². The van der Waals surface area contributed by atoms with Gasteiger partial charge in [0.1, 0.15) is 0 Å². The van der Waals surface area contributed by atoms with Gasteiger partial charge in [-0.1, -0.05) is 12.1 Å². The zero-order chi connectivity index (χ0) is 13.8. The number of ether oxygens (including phenoxy) is 1. The van der Waals surface area contributed by atoms with E-state index in [-0.39, 0.29) is 11.8 Å². The van der Waals surface area contributed by atoms with E-state index in [1.165, 1.54) is 6.07 Å². The van der Waals surface area contributed by atoms with Crippen LogP contribution >= 0.6 is 22.6 Å². The van der Waals surface area contributed by atoms with Crippen LogP contribution in [-0.2, 0) is 9.53 Å². The van der Waals surface area contributed by atoms with Crippen LogP contribution in [-0.4, -0.2) is 24.5 Å². The molecule has 0 saturated heterocycles. The Hall–Kier alpha value is -1.12. The van der Waals surface area contributed by atoms with Crippen molar-refractivity contribution >= 4 is 34.8 Å². The lowest BCUT2D eigenvalue weighted by Gasteiger charge is -2.14. The molecule has 0 N–H and O–H groups in total. The summed E-state index contributed by atoms with van der Waals surface area (Å²) in [6.45, 7) is 0. The van der Waals surface area contributed by atoms with Crippen LogP contribution < -0.4 is 0 Å². The van der Waals surface area contributed by atoms with Crippen molar-refractivity contribution in [1.82, 2.24) is 0 Å². The third-order valence-corrected chi connectivity index (χ3v) is 2.88. The number of carbonyl (C=O) groups is 2. The quantitative estimate of drug-likeness (QED) is 0.464. The van der Waals surface area contributed by atoms with E-state index in [0.29, 0.717) is 3.57 Å². The molecule has 18 heavy (non-hydrogen) atoms. The molecular formula is C11H8F3IO3. The molecule has 0 bridgehead atoms. The predicted molar refractivity (Wildman–Crippen MR) is 65.1 cm³/mol. The van der Waals surface area contributed by atoms with Gasteiger partial charge in [0.05, 0.1) is 12.0 Å². The smallest absolute Gasteiger partial charge is 0.393 e. The number of aldehydes is 1. The van der Waals surface area contributed by atoms with Crippen molar-refractivity contribution in [2.24, 2.45) is 0 Å². The average Bonchev–Trinajstić information content (AvgIpc) is 2.26. The molecule has 1 aromatic rings. The molecule has 1 aromatic carbocycles. The van der Waals surface area contributed by atoms with Gasteiger partial charge >= 0.3 is 12.1 Å².